The first-order valence-electron chi connectivity index (χ1n) is 3.75. The van der Waals surface area contributed by atoms with Crippen molar-refractivity contribution in [1.82, 2.24) is 0 Å². The van der Waals surface area contributed by atoms with Crippen LogP contribution in [0.4, 0.5) is 0 Å². The van der Waals surface area contributed by atoms with Crippen LogP contribution in [0.1, 0.15) is 13.3 Å². The summed E-state index contributed by atoms with van der Waals surface area (Å²) in [6, 6.07) is 0. The molecule has 0 rings (SSSR count). The van der Waals surface area contributed by atoms with Gasteiger partial charge in [0.05, 0.1) is 6.61 Å². The quantitative estimate of drug-likeness (QED) is 0.449. The van der Waals surface area contributed by atoms with E-state index in [1.165, 1.54) is 0 Å². The summed E-state index contributed by atoms with van der Waals surface area (Å²) in [5.74, 6) is -0.523. The van der Waals surface area contributed by atoms with Crippen molar-refractivity contribution in [2.24, 2.45) is 0 Å². The van der Waals surface area contributed by atoms with Crippen LogP contribution < -0.4 is 0 Å². The maximum atomic E-state index is 10.9. The van der Waals surface area contributed by atoms with E-state index in [9.17, 15) is 4.79 Å². The van der Waals surface area contributed by atoms with Gasteiger partial charge in [0.2, 0.25) is 0 Å². The molecule has 0 heterocycles. The molecule has 70 valence electrons. The minimum absolute atomic E-state index is 0.186. The number of rotatable bonds is 5. The second-order valence-corrected chi connectivity index (χ2v) is 2.39. The Labute approximate surface area is 71.5 Å². The van der Waals surface area contributed by atoms with Gasteiger partial charge in [-0.1, -0.05) is 13.5 Å². The molecule has 0 aliphatic rings. The van der Waals surface area contributed by atoms with Gasteiger partial charge in [-0.25, -0.2) is 4.79 Å². The van der Waals surface area contributed by atoms with E-state index in [4.69, 9.17) is 10.2 Å². The Morgan fingerprint density at radius 3 is 2.67 bits per heavy atom. The lowest BCUT2D eigenvalue weighted by molar-refractivity contribution is -0.142. The topological polar surface area (TPSA) is 66.8 Å². The molecule has 0 radical (unpaired) electrons. The van der Waals surface area contributed by atoms with Crippen LogP contribution in [0.15, 0.2) is 12.2 Å². The molecular weight excluding hydrogens is 160 g/mol. The molecule has 4 heteroatoms. The summed E-state index contributed by atoms with van der Waals surface area (Å²) in [5.41, 5.74) is 0.361. The fourth-order valence-corrected chi connectivity index (χ4v) is 0.471. The minimum Gasteiger partial charge on any atom is -0.459 e. The largest absolute Gasteiger partial charge is 0.459 e. The number of aliphatic hydroxyl groups is 2. The third kappa shape index (κ3) is 4.10. The lowest BCUT2D eigenvalue weighted by Crippen LogP contribution is -2.22. The van der Waals surface area contributed by atoms with Crippen molar-refractivity contribution >= 4 is 5.97 Å². The van der Waals surface area contributed by atoms with Gasteiger partial charge in [-0.05, 0) is 6.42 Å². The maximum absolute atomic E-state index is 10.9. The van der Waals surface area contributed by atoms with Gasteiger partial charge in [-0.15, -0.1) is 0 Å². The number of ether oxygens (including phenoxy) is 1. The maximum Gasteiger partial charge on any atom is 0.333 e. The second-order valence-electron chi connectivity index (χ2n) is 2.39. The van der Waals surface area contributed by atoms with Crippen molar-refractivity contribution in [3.63, 3.8) is 0 Å². The fraction of sp³-hybridized carbons (Fsp3) is 0.625. The molecule has 1 atom stereocenters. The molecule has 0 bridgehead atoms. The average Bonchev–Trinajstić information content (AvgIpc) is 2.11. The monoisotopic (exact) mass is 174 g/mol. The summed E-state index contributed by atoms with van der Waals surface area (Å²) >= 11 is 0. The highest BCUT2D eigenvalue weighted by Crippen LogP contribution is 1.99. The number of carbonyl (C=O) groups is 1. The normalized spacial score (nSPS) is 12.2. The van der Waals surface area contributed by atoms with Crippen molar-refractivity contribution in [3.05, 3.63) is 12.2 Å². The van der Waals surface area contributed by atoms with Gasteiger partial charge in [0.15, 0.2) is 0 Å². The summed E-state index contributed by atoms with van der Waals surface area (Å²) in [6.45, 7) is 4.65. The first-order valence-corrected chi connectivity index (χ1v) is 3.75. The smallest absolute Gasteiger partial charge is 0.333 e. The molecule has 0 aromatic carbocycles. The van der Waals surface area contributed by atoms with Gasteiger partial charge in [0.25, 0.3) is 0 Å². The first-order chi connectivity index (χ1) is 5.61. The van der Waals surface area contributed by atoms with Crippen LogP contribution >= 0.6 is 0 Å². The molecular formula is C8H14O4. The van der Waals surface area contributed by atoms with Crippen LogP contribution in [0.25, 0.3) is 0 Å². The van der Waals surface area contributed by atoms with E-state index in [-0.39, 0.29) is 6.61 Å². The Kier molecular flexibility index (Phi) is 5.32. The molecule has 0 saturated carbocycles. The van der Waals surface area contributed by atoms with Crippen LogP contribution in [0.3, 0.4) is 0 Å². The lowest BCUT2D eigenvalue weighted by atomic mass is 10.2. The predicted octanol–water partition coefficient (Wildman–Crippen LogP) is -0.151. The number of aliphatic hydroxyl groups excluding tert-OH is 2. The highest BCUT2D eigenvalue weighted by molar-refractivity contribution is 5.87. The highest BCUT2D eigenvalue weighted by atomic mass is 16.5. The SMILES string of the molecule is C=C(CC)C(=O)OCC(O)CO. The van der Waals surface area contributed by atoms with Crippen molar-refractivity contribution < 1.29 is 19.7 Å². The Hall–Kier alpha value is -0.870. The van der Waals surface area contributed by atoms with Crippen molar-refractivity contribution in [2.45, 2.75) is 19.4 Å². The van der Waals surface area contributed by atoms with Gasteiger partial charge >= 0.3 is 5.97 Å². The molecule has 0 aromatic rings. The Balaban J connectivity index is 3.64. The van der Waals surface area contributed by atoms with Crippen molar-refractivity contribution in [1.29, 1.82) is 0 Å². The zero-order valence-corrected chi connectivity index (χ0v) is 7.12. The average molecular weight is 174 g/mol. The standard InChI is InChI=1S/C8H14O4/c1-3-6(2)8(11)12-5-7(10)4-9/h7,9-10H,2-5H2,1H3. The number of carbonyl (C=O) groups excluding carboxylic acids is 1. The zero-order chi connectivity index (χ0) is 9.56. The van der Waals surface area contributed by atoms with Gasteiger partial charge in [0, 0.05) is 5.57 Å². The van der Waals surface area contributed by atoms with E-state index < -0.39 is 18.7 Å². The van der Waals surface area contributed by atoms with E-state index >= 15 is 0 Å². The van der Waals surface area contributed by atoms with E-state index in [1.807, 2.05) is 0 Å². The molecule has 0 aromatic heterocycles. The van der Waals surface area contributed by atoms with Gasteiger partial charge in [-0.3, -0.25) is 0 Å². The summed E-state index contributed by atoms with van der Waals surface area (Å²) in [4.78, 5) is 10.9. The van der Waals surface area contributed by atoms with Crippen LogP contribution in [0.2, 0.25) is 0 Å². The molecule has 4 nitrogen and oxygen atoms in total. The number of esters is 1. The molecule has 0 spiro atoms. The Morgan fingerprint density at radius 1 is 1.67 bits per heavy atom. The van der Waals surface area contributed by atoms with Crippen LogP contribution in [-0.4, -0.2) is 35.5 Å². The molecule has 12 heavy (non-hydrogen) atoms. The predicted molar refractivity (Wildman–Crippen MR) is 43.5 cm³/mol. The molecule has 0 fully saturated rings. The van der Waals surface area contributed by atoms with E-state index in [0.717, 1.165) is 0 Å². The number of hydrogen-bond donors (Lipinski definition) is 2. The third-order valence-electron chi connectivity index (χ3n) is 1.33. The molecule has 0 aliphatic carbocycles. The van der Waals surface area contributed by atoms with E-state index in [2.05, 4.69) is 11.3 Å². The minimum atomic E-state index is -1.00. The highest BCUT2D eigenvalue weighted by Gasteiger charge is 2.09. The molecule has 0 saturated heterocycles. The van der Waals surface area contributed by atoms with Crippen LogP contribution in [0.5, 0.6) is 0 Å². The van der Waals surface area contributed by atoms with Gasteiger partial charge in [0.1, 0.15) is 12.7 Å². The molecule has 0 aliphatic heterocycles. The summed E-state index contributed by atoms with van der Waals surface area (Å²) in [5, 5.41) is 17.2. The summed E-state index contributed by atoms with van der Waals surface area (Å²) < 4.78 is 4.60. The summed E-state index contributed by atoms with van der Waals surface area (Å²) in [6.07, 6.45) is -0.479. The molecule has 1 unspecified atom stereocenters. The summed E-state index contributed by atoms with van der Waals surface area (Å²) in [7, 11) is 0. The molecule has 2 N–H and O–H groups in total. The third-order valence-corrected chi connectivity index (χ3v) is 1.33. The zero-order valence-electron chi connectivity index (χ0n) is 7.12. The van der Waals surface area contributed by atoms with Gasteiger partial charge < -0.3 is 14.9 Å². The molecule has 0 amide bonds. The Morgan fingerprint density at radius 2 is 2.25 bits per heavy atom. The van der Waals surface area contributed by atoms with E-state index in [0.29, 0.717) is 12.0 Å². The fourth-order valence-electron chi connectivity index (χ4n) is 0.471. The first kappa shape index (κ1) is 11.1. The van der Waals surface area contributed by atoms with Crippen molar-refractivity contribution in [2.75, 3.05) is 13.2 Å². The number of hydrogen-bond acceptors (Lipinski definition) is 4. The van der Waals surface area contributed by atoms with Gasteiger partial charge in [-0.2, -0.15) is 0 Å². The second kappa shape index (κ2) is 5.74. The van der Waals surface area contributed by atoms with Crippen LogP contribution in [-0.2, 0) is 9.53 Å². The van der Waals surface area contributed by atoms with E-state index in [1.54, 1.807) is 6.92 Å². The Bertz CT molecular complexity index is 164. The lowest BCUT2D eigenvalue weighted by Gasteiger charge is -2.08. The van der Waals surface area contributed by atoms with Crippen LogP contribution in [0, 0.1) is 0 Å². The van der Waals surface area contributed by atoms with Crippen molar-refractivity contribution in [3.8, 4) is 0 Å².